The molecule has 106 valence electrons. The summed E-state index contributed by atoms with van der Waals surface area (Å²) >= 11 is 0. The van der Waals surface area contributed by atoms with E-state index in [1.54, 1.807) is 21.0 Å². The summed E-state index contributed by atoms with van der Waals surface area (Å²) in [6.07, 6.45) is 0. The lowest BCUT2D eigenvalue weighted by molar-refractivity contribution is -0.129. The van der Waals surface area contributed by atoms with Crippen LogP contribution >= 0.6 is 0 Å². The maximum atomic E-state index is 11.7. The molecule has 1 rings (SSSR count). The van der Waals surface area contributed by atoms with E-state index in [0.717, 1.165) is 0 Å². The number of benzene rings is 1. The third kappa shape index (κ3) is 3.83. The highest BCUT2D eigenvalue weighted by atomic mass is 32.2. The predicted molar refractivity (Wildman–Crippen MR) is 74.0 cm³/mol. The normalized spacial score (nSPS) is 12.8. The molecule has 0 aliphatic rings. The van der Waals surface area contributed by atoms with Crippen molar-refractivity contribution < 1.29 is 13.2 Å². The molecule has 19 heavy (non-hydrogen) atoms. The molecule has 5 N–H and O–H groups in total. The highest BCUT2D eigenvalue weighted by Gasteiger charge is 2.17. The number of sulfonamides is 1. The van der Waals surface area contributed by atoms with Gasteiger partial charge in [0.2, 0.25) is 15.9 Å². The summed E-state index contributed by atoms with van der Waals surface area (Å²) in [7, 11) is -0.546. The van der Waals surface area contributed by atoms with Crippen LogP contribution in [-0.4, -0.2) is 39.4 Å². The van der Waals surface area contributed by atoms with Crippen molar-refractivity contribution in [3.8, 4) is 0 Å². The minimum absolute atomic E-state index is 0.0614. The Labute approximate surface area is 112 Å². The number of rotatable bonds is 4. The first-order valence-corrected chi connectivity index (χ1v) is 7.07. The van der Waals surface area contributed by atoms with Crippen LogP contribution in [0.1, 0.15) is 6.92 Å². The van der Waals surface area contributed by atoms with Crippen LogP contribution in [0.3, 0.4) is 0 Å². The van der Waals surface area contributed by atoms with Gasteiger partial charge in [0.05, 0.1) is 16.3 Å². The molecule has 8 heteroatoms. The molecule has 7 nitrogen and oxygen atoms in total. The Morgan fingerprint density at radius 3 is 2.42 bits per heavy atom. The van der Waals surface area contributed by atoms with Crippen LogP contribution in [0.15, 0.2) is 23.1 Å². The van der Waals surface area contributed by atoms with E-state index in [1.165, 1.54) is 23.1 Å². The van der Waals surface area contributed by atoms with Gasteiger partial charge in [-0.1, -0.05) is 0 Å². The molecule has 1 amide bonds. The molecule has 0 aliphatic heterocycles. The van der Waals surface area contributed by atoms with Gasteiger partial charge in [0, 0.05) is 14.1 Å². The zero-order valence-corrected chi connectivity index (χ0v) is 11.9. The Kier molecular flexibility index (Phi) is 4.38. The number of carbonyl (C=O) groups is 1. The van der Waals surface area contributed by atoms with Gasteiger partial charge in [-0.25, -0.2) is 13.6 Å². The lowest BCUT2D eigenvalue weighted by Crippen LogP contribution is -2.36. The summed E-state index contributed by atoms with van der Waals surface area (Å²) in [6.45, 7) is 1.66. The summed E-state index contributed by atoms with van der Waals surface area (Å²) in [5.74, 6) is -0.152. The van der Waals surface area contributed by atoms with Crippen LogP contribution in [0.25, 0.3) is 0 Å². The Morgan fingerprint density at radius 2 is 1.95 bits per heavy atom. The Bertz CT molecular complexity index is 584. The summed E-state index contributed by atoms with van der Waals surface area (Å²) in [4.78, 5) is 13.1. The molecule has 1 aromatic carbocycles. The van der Waals surface area contributed by atoms with Gasteiger partial charge in [-0.3, -0.25) is 4.79 Å². The average molecular weight is 286 g/mol. The number of nitrogen functional groups attached to an aromatic ring is 1. The van der Waals surface area contributed by atoms with Gasteiger partial charge >= 0.3 is 0 Å². The molecular formula is C11H18N4O3S. The minimum atomic E-state index is -3.81. The molecule has 0 heterocycles. The van der Waals surface area contributed by atoms with Crippen molar-refractivity contribution in [2.75, 3.05) is 25.1 Å². The molecule has 0 bridgehead atoms. The number of nitrogens with two attached hydrogens (primary N) is 2. The number of nitrogens with one attached hydrogen (secondary N) is 1. The molecule has 0 saturated heterocycles. The van der Waals surface area contributed by atoms with Crippen molar-refractivity contribution in [2.24, 2.45) is 5.14 Å². The number of likely N-dealkylation sites (N-methyl/N-ethyl adjacent to an activating group) is 1. The number of nitrogens with zero attached hydrogens (tertiary/aromatic N) is 1. The maximum absolute atomic E-state index is 11.7. The zero-order chi connectivity index (χ0) is 14.8. The zero-order valence-electron chi connectivity index (χ0n) is 11.0. The lowest BCUT2D eigenvalue weighted by atomic mass is 10.2. The van der Waals surface area contributed by atoms with E-state index in [2.05, 4.69) is 5.32 Å². The molecule has 1 atom stereocenters. The SMILES string of the molecule is CC(Nc1cc(S(N)(=O)=O)ccc1N)C(=O)N(C)C. The minimum Gasteiger partial charge on any atom is -0.397 e. The molecule has 1 aromatic rings. The largest absolute Gasteiger partial charge is 0.397 e. The van der Waals surface area contributed by atoms with E-state index in [9.17, 15) is 13.2 Å². The van der Waals surface area contributed by atoms with Crippen molar-refractivity contribution in [3.05, 3.63) is 18.2 Å². The smallest absolute Gasteiger partial charge is 0.244 e. The van der Waals surface area contributed by atoms with Gasteiger partial charge in [0.15, 0.2) is 0 Å². The van der Waals surface area contributed by atoms with Gasteiger partial charge in [0.1, 0.15) is 6.04 Å². The van der Waals surface area contributed by atoms with Gasteiger partial charge < -0.3 is 16.0 Å². The Balaban J connectivity index is 3.05. The first kappa shape index (κ1) is 15.3. The van der Waals surface area contributed by atoms with Crippen molar-refractivity contribution in [2.45, 2.75) is 17.9 Å². The van der Waals surface area contributed by atoms with Crippen LogP contribution in [0, 0.1) is 0 Å². The van der Waals surface area contributed by atoms with Crippen molar-refractivity contribution in [1.29, 1.82) is 0 Å². The molecule has 1 unspecified atom stereocenters. The van der Waals surface area contributed by atoms with Gasteiger partial charge in [0.25, 0.3) is 0 Å². The quantitative estimate of drug-likeness (QED) is 0.663. The van der Waals surface area contributed by atoms with Crippen molar-refractivity contribution in [3.63, 3.8) is 0 Å². The van der Waals surface area contributed by atoms with E-state index in [4.69, 9.17) is 10.9 Å². The number of anilines is 2. The van der Waals surface area contributed by atoms with E-state index < -0.39 is 16.1 Å². The fraction of sp³-hybridized carbons (Fsp3) is 0.364. The highest BCUT2D eigenvalue weighted by molar-refractivity contribution is 7.89. The summed E-state index contributed by atoms with van der Waals surface area (Å²) in [5, 5.41) is 7.91. The monoisotopic (exact) mass is 286 g/mol. The van der Waals surface area contributed by atoms with Gasteiger partial charge in [-0.15, -0.1) is 0 Å². The van der Waals surface area contributed by atoms with Crippen LogP contribution < -0.4 is 16.2 Å². The molecule has 0 radical (unpaired) electrons. The Morgan fingerprint density at radius 1 is 1.37 bits per heavy atom. The number of amides is 1. The topological polar surface area (TPSA) is 119 Å². The fourth-order valence-corrected chi connectivity index (χ4v) is 2.06. The highest BCUT2D eigenvalue weighted by Crippen LogP contribution is 2.23. The summed E-state index contributed by atoms with van der Waals surface area (Å²) in [5.41, 5.74) is 6.43. The van der Waals surface area contributed by atoms with E-state index in [-0.39, 0.29) is 10.8 Å². The molecule has 0 aromatic heterocycles. The van der Waals surface area contributed by atoms with Crippen molar-refractivity contribution in [1.82, 2.24) is 4.90 Å². The van der Waals surface area contributed by atoms with Crippen LogP contribution in [0.2, 0.25) is 0 Å². The first-order chi connectivity index (χ1) is 8.62. The van der Waals surface area contributed by atoms with Crippen LogP contribution in [0.4, 0.5) is 11.4 Å². The standard InChI is InChI=1S/C11H18N4O3S/c1-7(11(16)15(2)3)14-10-6-8(19(13,17)18)4-5-9(10)12/h4-7,14H,12H2,1-3H3,(H2,13,17,18). The summed E-state index contributed by atoms with van der Waals surface area (Å²) < 4.78 is 22.5. The van der Waals surface area contributed by atoms with Crippen LogP contribution in [0.5, 0.6) is 0 Å². The van der Waals surface area contributed by atoms with E-state index in [0.29, 0.717) is 11.4 Å². The number of carbonyl (C=O) groups excluding carboxylic acids is 1. The second-order valence-corrected chi connectivity index (χ2v) is 5.95. The molecule has 0 fully saturated rings. The number of hydrogen-bond acceptors (Lipinski definition) is 5. The number of primary sulfonamides is 1. The maximum Gasteiger partial charge on any atom is 0.244 e. The van der Waals surface area contributed by atoms with Crippen LogP contribution in [-0.2, 0) is 14.8 Å². The van der Waals surface area contributed by atoms with E-state index in [1.807, 2.05) is 0 Å². The molecule has 0 spiro atoms. The molecular weight excluding hydrogens is 268 g/mol. The summed E-state index contributed by atoms with van der Waals surface area (Å²) in [6, 6.07) is 3.51. The predicted octanol–water partition coefficient (Wildman–Crippen LogP) is -0.195. The molecule has 0 saturated carbocycles. The second-order valence-electron chi connectivity index (χ2n) is 4.39. The van der Waals surface area contributed by atoms with Gasteiger partial charge in [-0.2, -0.15) is 0 Å². The third-order valence-corrected chi connectivity index (χ3v) is 3.45. The average Bonchev–Trinajstić information content (AvgIpc) is 2.29. The second kappa shape index (κ2) is 5.45. The fourth-order valence-electron chi connectivity index (χ4n) is 1.52. The first-order valence-electron chi connectivity index (χ1n) is 5.53. The number of hydrogen-bond donors (Lipinski definition) is 3. The third-order valence-electron chi connectivity index (χ3n) is 2.54. The van der Waals surface area contributed by atoms with E-state index >= 15 is 0 Å². The Hall–Kier alpha value is -1.80. The molecule has 0 aliphatic carbocycles. The van der Waals surface area contributed by atoms with Gasteiger partial charge in [-0.05, 0) is 25.1 Å². The van der Waals surface area contributed by atoms with Crippen molar-refractivity contribution >= 4 is 27.3 Å². The lowest BCUT2D eigenvalue weighted by Gasteiger charge is -2.20.